The summed E-state index contributed by atoms with van der Waals surface area (Å²) in [7, 11) is 1.65. The maximum absolute atomic E-state index is 12.8. The van der Waals surface area contributed by atoms with Gasteiger partial charge in [0.15, 0.2) is 0 Å². The number of halogens is 3. The van der Waals surface area contributed by atoms with Crippen molar-refractivity contribution in [2.75, 3.05) is 7.11 Å². The second-order valence-electron chi connectivity index (χ2n) is 6.45. The van der Waals surface area contributed by atoms with Crippen LogP contribution in [-0.4, -0.2) is 24.4 Å². The van der Waals surface area contributed by atoms with Gasteiger partial charge in [-0.15, -0.1) is 0 Å². The second-order valence-corrected chi connectivity index (χ2v) is 6.45. The number of methoxy groups -OCH3 is 1. The molecule has 4 rings (SSSR count). The molecule has 0 amide bonds. The molecular weight excluding hydrogens is 329 g/mol. The molecule has 0 saturated carbocycles. The van der Waals surface area contributed by atoms with Gasteiger partial charge in [-0.05, 0) is 53.8 Å². The van der Waals surface area contributed by atoms with Crippen LogP contribution in [0.1, 0.15) is 22.3 Å². The number of fused-ring (bicyclic) bond motifs is 2. The lowest BCUT2D eigenvalue weighted by Gasteiger charge is -2.30. The topological polar surface area (TPSA) is 24.8 Å². The summed E-state index contributed by atoms with van der Waals surface area (Å²) in [5.41, 5.74) is 3.12. The molecule has 0 bridgehead atoms. The molecule has 2 aromatic carbocycles. The highest BCUT2D eigenvalue weighted by atomic mass is 19.4. The van der Waals surface area contributed by atoms with Crippen LogP contribution in [0.3, 0.4) is 0 Å². The number of ether oxygens (including phenoxy) is 1. The molecule has 1 aliphatic carbocycles. The molecule has 6 heteroatoms. The summed E-state index contributed by atoms with van der Waals surface area (Å²) in [6.07, 6.45) is -0.875. The fourth-order valence-corrected chi connectivity index (χ4v) is 3.52. The molecule has 3 nitrogen and oxygen atoms in total. The van der Waals surface area contributed by atoms with E-state index in [-0.39, 0.29) is 6.04 Å². The second kappa shape index (κ2) is 5.79. The highest BCUT2D eigenvalue weighted by molar-refractivity contribution is 5.68. The first-order chi connectivity index (χ1) is 11.9. The van der Waals surface area contributed by atoms with Crippen molar-refractivity contribution in [3.05, 3.63) is 58.7 Å². The molecule has 130 valence electrons. The summed E-state index contributed by atoms with van der Waals surface area (Å²) in [5, 5.41) is 0. The fraction of sp³-hybridized carbons (Fsp3) is 0.316. The Balaban J connectivity index is 1.53. The molecule has 0 N–H and O–H groups in total. The smallest absolute Gasteiger partial charge is 0.416 e. The molecule has 0 unspecified atom stereocenters. The third-order valence-corrected chi connectivity index (χ3v) is 4.90. The SMILES string of the molecule is COc1ccc2c(c1)C[C@H](N1C=Nc3cc(C(F)(F)F)ccc3C1)C2. The van der Waals surface area contributed by atoms with Crippen LogP contribution in [0.25, 0.3) is 0 Å². The molecule has 25 heavy (non-hydrogen) atoms. The van der Waals surface area contributed by atoms with Crippen LogP contribution in [0.15, 0.2) is 41.4 Å². The fourth-order valence-electron chi connectivity index (χ4n) is 3.52. The van der Waals surface area contributed by atoms with Gasteiger partial charge in [-0.3, -0.25) is 0 Å². The van der Waals surface area contributed by atoms with Gasteiger partial charge < -0.3 is 9.64 Å². The highest BCUT2D eigenvalue weighted by Crippen LogP contribution is 2.36. The first-order valence-electron chi connectivity index (χ1n) is 8.10. The average molecular weight is 346 g/mol. The van der Waals surface area contributed by atoms with E-state index in [1.54, 1.807) is 13.4 Å². The third-order valence-electron chi connectivity index (χ3n) is 4.90. The maximum atomic E-state index is 12.8. The van der Waals surface area contributed by atoms with E-state index in [1.165, 1.54) is 17.2 Å². The van der Waals surface area contributed by atoms with Gasteiger partial charge in [-0.1, -0.05) is 12.1 Å². The number of hydrogen-bond donors (Lipinski definition) is 0. The van der Waals surface area contributed by atoms with Crippen LogP contribution in [0.5, 0.6) is 5.75 Å². The van der Waals surface area contributed by atoms with E-state index < -0.39 is 11.7 Å². The molecule has 2 aromatic rings. The molecule has 0 fully saturated rings. The molecule has 1 atom stereocenters. The predicted molar refractivity (Wildman–Crippen MR) is 89.3 cm³/mol. The molecular formula is C19H17F3N2O. The molecule has 0 radical (unpaired) electrons. The highest BCUT2D eigenvalue weighted by Gasteiger charge is 2.32. The van der Waals surface area contributed by atoms with Crippen molar-refractivity contribution in [1.82, 2.24) is 4.90 Å². The van der Waals surface area contributed by atoms with Crippen LogP contribution in [0.2, 0.25) is 0 Å². The standard InChI is InChI=1S/C19H17F3N2O/c1-25-17-5-3-12-6-16(7-14(12)8-17)24-10-13-2-4-15(19(20,21)22)9-18(13)23-11-24/h2-5,8-9,11,16H,6-7,10H2,1H3/t16-/m1/s1. The zero-order valence-electron chi connectivity index (χ0n) is 13.7. The Kier molecular flexibility index (Phi) is 3.71. The van der Waals surface area contributed by atoms with Crippen LogP contribution >= 0.6 is 0 Å². The first kappa shape index (κ1) is 16.0. The van der Waals surface area contributed by atoms with Crippen molar-refractivity contribution < 1.29 is 17.9 Å². The minimum atomic E-state index is -4.34. The number of hydrogen-bond acceptors (Lipinski definition) is 3. The number of aliphatic imine (C=N–C) groups is 1. The Morgan fingerprint density at radius 3 is 2.56 bits per heavy atom. The van der Waals surface area contributed by atoms with E-state index in [2.05, 4.69) is 22.0 Å². The van der Waals surface area contributed by atoms with Gasteiger partial charge in [-0.2, -0.15) is 13.2 Å². The number of rotatable bonds is 2. The van der Waals surface area contributed by atoms with Crippen molar-refractivity contribution in [2.45, 2.75) is 31.6 Å². The van der Waals surface area contributed by atoms with E-state index in [4.69, 9.17) is 4.74 Å². The lowest BCUT2D eigenvalue weighted by molar-refractivity contribution is -0.137. The Labute approximate surface area is 143 Å². The molecule has 0 aromatic heterocycles. The quantitative estimate of drug-likeness (QED) is 0.807. The van der Waals surface area contributed by atoms with E-state index in [1.807, 2.05) is 6.07 Å². The van der Waals surface area contributed by atoms with Crippen molar-refractivity contribution >= 4 is 12.0 Å². The van der Waals surface area contributed by atoms with E-state index in [9.17, 15) is 13.2 Å². The van der Waals surface area contributed by atoms with Gasteiger partial charge in [0.2, 0.25) is 0 Å². The van der Waals surface area contributed by atoms with Crippen LogP contribution in [0.4, 0.5) is 18.9 Å². The van der Waals surface area contributed by atoms with Crippen molar-refractivity contribution in [3.8, 4) is 5.75 Å². The zero-order valence-corrected chi connectivity index (χ0v) is 13.7. The normalized spacial score (nSPS) is 18.9. The van der Waals surface area contributed by atoms with E-state index >= 15 is 0 Å². The third kappa shape index (κ3) is 2.97. The lowest BCUT2D eigenvalue weighted by atomic mass is 10.1. The Hall–Kier alpha value is -2.50. The predicted octanol–water partition coefficient (Wildman–Crippen LogP) is 4.36. The van der Waals surface area contributed by atoms with Gasteiger partial charge in [0.25, 0.3) is 0 Å². The molecule has 2 aliphatic rings. The number of alkyl halides is 3. The minimum absolute atomic E-state index is 0.265. The van der Waals surface area contributed by atoms with Crippen molar-refractivity contribution in [1.29, 1.82) is 0 Å². The average Bonchev–Trinajstić information content (AvgIpc) is 3.03. The van der Waals surface area contributed by atoms with Crippen molar-refractivity contribution in [2.24, 2.45) is 4.99 Å². The zero-order chi connectivity index (χ0) is 17.6. The van der Waals surface area contributed by atoms with Crippen LogP contribution in [0, 0.1) is 0 Å². The van der Waals surface area contributed by atoms with Gasteiger partial charge in [0.05, 0.1) is 24.7 Å². The van der Waals surface area contributed by atoms with Gasteiger partial charge in [0.1, 0.15) is 5.75 Å². The number of nitrogens with zero attached hydrogens (tertiary/aromatic N) is 2. The summed E-state index contributed by atoms with van der Waals surface area (Å²) in [4.78, 5) is 6.38. The summed E-state index contributed by atoms with van der Waals surface area (Å²) >= 11 is 0. The lowest BCUT2D eigenvalue weighted by Crippen LogP contribution is -2.35. The van der Waals surface area contributed by atoms with E-state index in [0.717, 1.165) is 36.3 Å². The Morgan fingerprint density at radius 2 is 1.80 bits per heavy atom. The summed E-state index contributed by atoms with van der Waals surface area (Å²) in [6, 6.07) is 10.1. The van der Waals surface area contributed by atoms with Gasteiger partial charge >= 0.3 is 6.18 Å². The molecule has 0 spiro atoms. The summed E-state index contributed by atoms with van der Waals surface area (Å²) in [6.45, 7) is 0.576. The monoisotopic (exact) mass is 346 g/mol. The maximum Gasteiger partial charge on any atom is 0.416 e. The largest absolute Gasteiger partial charge is 0.497 e. The summed E-state index contributed by atoms with van der Waals surface area (Å²) < 4.78 is 43.7. The molecule has 0 saturated heterocycles. The molecule has 1 heterocycles. The van der Waals surface area contributed by atoms with Gasteiger partial charge in [0, 0.05) is 12.6 Å². The minimum Gasteiger partial charge on any atom is -0.497 e. The molecule has 1 aliphatic heterocycles. The van der Waals surface area contributed by atoms with Crippen molar-refractivity contribution in [3.63, 3.8) is 0 Å². The van der Waals surface area contributed by atoms with Gasteiger partial charge in [-0.25, -0.2) is 4.99 Å². The van der Waals surface area contributed by atoms with E-state index in [0.29, 0.717) is 12.2 Å². The number of benzene rings is 2. The first-order valence-corrected chi connectivity index (χ1v) is 8.10. The Morgan fingerprint density at radius 1 is 1.04 bits per heavy atom. The van der Waals surface area contributed by atoms with Crippen LogP contribution in [-0.2, 0) is 25.6 Å². The Bertz CT molecular complexity index is 845. The summed E-state index contributed by atoms with van der Waals surface area (Å²) in [5.74, 6) is 0.844. The van der Waals surface area contributed by atoms with Crippen LogP contribution < -0.4 is 4.74 Å².